The van der Waals surface area contributed by atoms with Crippen LogP contribution in [0.4, 0.5) is 0 Å². The van der Waals surface area contributed by atoms with E-state index in [1.54, 1.807) is 10.6 Å². The van der Waals surface area contributed by atoms with Crippen molar-refractivity contribution in [2.24, 2.45) is 0 Å². The Morgan fingerprint density at radius 3 is 2.84 bits per heavy atom. The lowest BCUT2D eigenvalue weighted by molar-refractivity contribution is 0.0362. The average Bonchev–Trinajstić information content (AvgIpc) is 2.46. The molecular formula is C14H22N2O3. The van der Waals surface area contributed by atoms with Gasteiger partial charge in [0.1, 0.15) is 0 Å². The number of aromatic nitrogens is 1. The summed E-state index contributed by atoms with van der Waals surface area (Å²) in [7, 11) is 0. The summed E-state index contributed by atoms with van der Waals surface area (Å²) < 4.78 is 12.5. The molecule has 0 unspecified atom stereocenters. The van der Waals surface area contributed by atoms with Crippen LogP contribution in [0.5, 0.6) is 5.75 Å². The highest BCUT2D eigenvalue weighted by molar-refractivity contribution is 5.17. The van der Waals surface area contributed by atoms with Crippen LogP contribution in [-0.4, -0.2) is 48.9 Å². The standard InChI is InChI=1S/C14H22N2O3/c1-2-10-19-13-4-3-5-16(14(13)17)7-6-15-8-11-18-12-9-15/h3-5H,2,6-12H2,1H3. The Balaban J connectivity index is 1.93. The van der Waals surface area contributed by atoms with Gasteiger partial charge in [0.25, 0.3) is 5.56 Å². The van der Waals surface area contributed by atoms with Crippen molar-refractivity contribution in [3.05, 3.63) is 28.7 Å². The summed E-state index contributed by atoms with van der Waals surface area (Å²) >= 11 is 0. The molecule has 0 radical (unpaired) electrons. The van der Waals surface area contributed by atoms with Crippen LogP contribution in [0.1, 0.15) is 13.3 Å². The van der Waals surface area contributed by atoms with Crippen LogP contribution in [-0.2, 0) is 11.3 Å². The highest BCUT2D eigenvalue weighted by Crippen LogP contribution is 2.03. The van der Waals surface area contributed by atoms with Crippen molar-refractivity contribution in [2.75, 3.05) is 39.5 Å². The van der Waals surface area contributed by atoms with Gasteiger partial charge in [0.15, 0.2) is 5.75 Å². The maximum Gasteiger partial charge on any atom is 0.292 e. The minimum Gasteiger partial charge on any atom is -0.488 e. The van der Waals surface area contributed by atoms with Gasteiger partial charge >= 0.3 is 0 Å². The first-order chi connectivity index (χ1) is 9.31. The molecule has 0 amide bonds. The molecule has 0 atom stereocenters. The second kappa shape index (κ2) is 7.31. The molecule has 0 aromatic carbocycles. The molecule has 1 aliphatic heterocycles. The van der Waals surface area contributed by atoms with Gasteiger partial charge in [-0.05, 0) is 18.6 Å². The number of pyridine rings is 1. The quantitative estimate of drug-likeness (QED) is 0.769. The minimum atomic E-state index is -0.0378. The molecule has 5 nitrogen and oxygen atoms in total. The monoisotopic (exact) mass is 266 g/mol. The van der Waals surface area contributed by atoms with E-state index in [9.17, 15) is 4.79 Å². The highest BCUT2D eigenvalue weighted by Gasteiger charge is 2.11. The number of nitrogens with zero attached hydrogens (tertiary/aromatic N) is 2. The van der Waals surface area contributed by atoms with Crippen LogP contribution in [0.25, 0.3) is 0 Å². The molecule has 5 heteroatoms. The van der Waals surface area contributed by atoms with Crippen molar-refractivity contribution in [3.8, 4) is 5.75 Å². The van der Waals surface area contributed by atoms with Crippen LogP contribution in [0.3, 0.4) is 0 Å². The minimum absolute atomic E-state index is 0.0378. The van der Waals surface area contributed by atoms with E-state index >= 15 is 0 Å². The molecule has 0 saturated carbocycles. The largest absolute Gasteiger partial charge is 0.488 e. The van der Waals surface area contributed by atoms with E-state index in [-0.39, 0.29) is 5.56 Å². The smallest absolute Gasteiger partial charge is 0.292 e. The average molecular weight is 266 g/mol. The Bertz CT molecular complexity index is 439. The summed E-state index contributed by atoms with van der Waals surface area (Å²) in [4.78, 5) is 14.5. The third-order valence-corrected chi connectivity index (χ3v) is 3.21. The highest BCUT2D eigenvalue weighted by atomic mass is 16.5. The fourth-order valence-electron chi connectivity index (χ4n) is 2.09. The fourth-order valence-corrected chi connectivity index (χ4v) is 2.09. The molecule has 2 heterocycles. The van der Waals surface area contributed by atoms with Crippen molar-refractivity contribution < 1.29 is 9.47 Å². The van der Waals surface area contributed by atoms with Gasteiger partial charge in [0, 0.05) is 32.4 Å². The lowest BCUT2D eigenvalue weighted by Crippen LogP contribution is -2.39. The maximum absolute atomic E-state index is 12.1. The molecule has 0 bridgehead atoms. The zero-order chi connectivity index (χ0) is 13.5. The summed E-state index contributed by atoms with van der Waals surface area (Å²) in [6.07, 6.45) is 2.73. The lowest BCUT2D eigenvalue weighted by atomic mass is 10.4. The molecule has 1 fully saturated rings. The Morgan fingerprint density at radius 1 is 1.32 bits per heavy atom. The molecule has 0 spiro atoms. The van der Waals surface area contributed by atoms with Crippen molar-refractivity contribution >= 4 is 0 Å². The third-order valence-electron chi connectivity index (χ3n) is 3.21. The lowest BCUT2D eigenvalue weighted by Gasteiger charge is -2.26. The molecule has 0 aliphatic carbocycles. The van der Waals surface area contributed by atoms with E-state index in [4.69, 9.17) is 9.47 Å². The van der Waals surface area contributed by atoms with E-state index < -0.39 is 0 Å². The van der Waals surface area contributed by atoms with Gasteiger partial charge in [-0.1, -0.05) is 6.92 Å². The van der Waals surface area contributed by atoms with Gasteiger partial charge in [-0.3, -0.25) is 9.69 Å². The summed E-state index contributed by atoms with van der Waals surface area (Å²) in [5.41, 5.74) is -0.0378. The summed E-state index contributed by atoms with van der Waals surface area (Å²) in [5.74, 6) is 0.450. The summed E-state index contributed by atoms with van der Waals surface area (Å²) in [6.45, 7) is 7.65. The van der Waals surface area contributed by atoms with Crippen LogP contribution in [0.15, 0.2) is 23.1 Å². The molecule has 1 saturated heterocycles. The molecule has 0 N–H and O–H groups in total. The fraction of sp³-hybridized carbons (Fsp3) is 0.643. The van der Waals surface area contributed by atoms with Crippen LogP contribution in [0.2, 0.25) is 0 Å². The number of morpholine rings is 1. The molecular weight excluding hydrogens is 244 g/mol. The van der Waals surface area contributed by atoms with E-state index in [0.717, 1.165) is 39.3 Å². The predicted molar refractivity (Wildman–Crippen MR) is 73.7 cm³/mol. The first-order valence-electron chi connectivity index (χ1n) is 6.93. The Morgan fingerprint density at radius 2 is 2.11 bits per heavy atom. The first-order valence-corrected chi connectivity index (χ1v) is 6.93. The third kappa shape index (κ3) is 4.08. The first kappa shape index (κ1) is 14.1. The van der Waals surface area contributed by atoms with Crippen molar-refractivity contribution in [1.82, 2.24) is 9.47 Å². The zero-order valence-corrected chi connectivity index (χ0v) is 11.5. The van der Waals surface area contributed by atoms with Crippen molar-refractivity contribution in [2.45, 2.75) is 19.9 Å². The zero-order valence-electron chi connectivity index (χ0n) is 11.5. The van der Waals surface area contributed by atoms with Gasteiger partial charge in [-0.25, -0.2) is 0 Å². The second-order valence-electron chi connectivity index (χ2n) is 4.67. The second-order valence-corrected chi connectivity index (χ2v) is 4.67. The van der Waals surface area contributed by atoms with Crippen molar-refractivity contribution in [1.29, 1.82) is 0 Å². The van der Waals surface area contributed by atoms with Crippen LogP contribution < -0.4 is 10.3 Å². The van der Waals surface area contributed by atoms with Gasteiger partial charge < -0.3 is 14.0 Å². The molecule has 1 aromatic rings. The maximum atomic E-state index is 12.1. The number of ether oxygens (including phenoxy) is 2. The molecule has 1 aromatic heterocycles. The van der Waals surface area contributed by atoms with Gasteiger partial charge in [-0.15, -0.1) is 0 Å². The van der Waals surface area contributed by atoms with Crippen LogP contribution in [0, 0.1) is 0 Å². The van der Waals surface area contributed by atoms with E-state index in [0.29, 0.717) is 18.9 Å². The molecule has 19 heavy (non-hydrogen) atoms. The number of rotatable bonds is 6. The normalized spacial score (nSPS) is 16.5. The molecule has 106 valence electrons. The van der Waals surface area contributed by atoms with E-state index in [1.165, 1.54) is 0 Å². The van der Waals surface area contributed by atoms with Gasteiger partial charge in [0.2, 0.25) is 0 Å². The SMILES string of the molecule is CCCOc1cccn(CCN2CCOCC2)c1=O. The number of hydrogen-bond acceptors (Lipinski definition) is 4. The molecule has 1 aliphatic rings. The topological polar surface area (TPSA) is 43.7 Å². The van der Waals surface area contributed by atoms with Crippen LogP contribution >= 0.6 is 0 Å². The van der Waals surface area contributed by atoms with Crippen molar-refractivity contribution in [3.63, 3.8) is 0 Å². The van der Waals surface area contributed by atoms with E-state index in [2.05, 4.69) is 4.90 Å². The Kier molecular flexibility index (Phi) is 5.42. The molecule has 2 rings (SSSR count). The Hall–Kier alpha value is -1.33. The summed E-state index contributed by atoms with van der Waals surface area (Å²) in [5, 5.41) is 0. The van der Waals surface area contributed by atoms with Gasteiger partial charge in [-0.2, -0.15) is 0 Å². The number of hydrogen-bond donors (Lipinski definition) is 0. The van der Waals surface area contributed by atoms with Gasteiger partial charge in [0.05, 0.1) is 19.8 Å². The summed E-state index contributed by atoms with van der Waals surface area (Å²) in [6, 6.07) is 3.61. The Labute approximate surface area is 113 Å². The predicted octanol–water partition coefficient (Wildman–Crippen LogP) is 0.969. The van der Waals surface area contributed by atoms with E-state index in [1.807, 2.05) is 19.2 Å².